The quantitative estimate of drug-likeness (QED) is 0.619. The zero-order chi connectivity index (χ0) is 24.4. The van der Waals surface area contributed by atoms with Crippen LogP contribution in [0, 0.1) is 11.8 Å². The predicted octanol–water partition coefficient (Wildman–Crippen LogP) is 3.60. The number of nitrogens with zero attached hydrogens (tertiary/aromatic N) is 2. The van der Waals surface area contributed by atoms with Crippen LogP contribution in [0.3, 0.4) is 0 Å². The highest BCUT2D eigenvalue weighted by atomic mass is 35.5. The first kappa shape index (κ1) is 23.9. The number of hydrogen-bond acceptors (Lipinski definition) is 6. The molecule has 0 radical (unpaired) electrons. The number of hydrogen-bond donors (Lipinski definition) is 2. The van der Waals surface area contributed by atoms with Crippen molar-refractivity contribution in [2.45, 2.75) is 80.1 Å². The van der Waals surface area contributed by atoms with Gasteiger partial charge in [0.2, 0.25) is 5.91 Å². The second-order valence-electron chi connectivity index (χ2n) is 12.4. The van der Waals surface area contributed by atoms with E-state index >= 15 is 0 Å². The third kappa shape index (κ3) is 3.05. The number of rotatable bonds is 5. The number of phenols is 1. The summed E-state index contributed by atoms with van der Waals surface area (Å²) < 4.78 is 11.9. The second-order valence-corrected chi connectivity index (χ2v) is 12.4. The lowest BCUT2D eigenvalue weighted by Gasteiger charge is -2.64. The van der Waals surface area contributed by atoms with E-state index < -0.39 is 11.0 Å². The first-order valence-electron chi connectivity index (χ1n) is 13.7. The summed E-state index contributed by atoms with van der Waals surface area (Å²) in [5.41, 5.74) is 1.79. The fourth-order valence-electron chi connectivity index (χ4n) is 8.60. The van der Waals surface area contributed by atoms with Crippen LogP contribution in [-0.2, 0) is 16.6 Å². The number of piperidine rings is 1. The maximum atomic E-state index is 13.7. The van der Waals surface area contributed by atoms with E-state index in [2.05, 4.69) is 4.90 Å². The number of aromatic hydroxyl groups is 1. The van der Waals surface area contributed by atoms with Gasteiger partial charge in [-0.25, -0.2) is 0 Å². The summed E-state index contributed by atoms with van der Waals surface area (Å²) in [7, 11) is 1.91. The number of aliphatic hydroxyl groups is 1. The Bertz CT molecular complexity index is 1250. The fourth-order valence-corrected chi connectivity index (χ4v) is 8.60. The van der Waals surface area contributed by atoms with Crippen molar-refractivity contribution >= 4 is 18.3 Å². The lowest BCUT2D eigenvalue weighted by Crippen LogP contribution is -2.78. The van der Waals surface area contributed by atoms with Crippen LogP contribution in [0.2, 0.25) is 0 Å². The summed E-state index contributed by atoms with van der Waals surface area (Å²) in [5.74, 6) is 1.79. The first-order valence-corrected chi connectivity index (χ1v) is 13.7. The number of carbonyl (C=O) groups is 1. The molecule has 0 unspecified atom stereocenters. The minimum Gasteiger partial charge on any atom is -0.504 e. The van der Waals surface area contributed by atoms with Crippen molar-refractivity contribution in [2.24, 2.45) is 11.8 Å². The summed E-state index contributed by atoms with van der Waals surface area (Å²) in [5, 5.41) is 23.5. The van der Waals surface area contributed by atoms with Gasteiger partial charge < -0.3 is 24.3 Å². The van der Waals surface area contributed by atoms with Crippen LogP contribution in [-0.4, -0.2) is 69.8 Å². The molecule has 8 heteroatoms. The van der Waals surface area contributed by atoms with Gasteiger partial charge in [0.05, 0.1) is 29.6 Å². The topological polar surface area (TPSA) is 86.4 Å². The number of ether oxygens (including phenoxy) is 1. The Morgan fingerprint density at radius 2 is 2.05 bits per heavy atom. The summed E-state index contributed by atoms with van der Waals surface area (Å²) in [6.45, 7) is 1.99. The van der Waals surface area contributed by atoms with Crippen molar-refractivity contribution < 1.29 is 24.2 Å². The monoisotopic (exact) mass is 526 g/mol. The van der Waals surface area contributed by atoms with Crippen molar-refractivity contribution in [3.8, 4) is 11.5 Å². The molecule has 198 valence electrons. The Labute approximate surface area is 223 Å². The van der Waals surface area contributed by atoms with E-state index in [1.54, 1.807) is 18.6 Å². The zero-order valence-corrected chi connectivity index (χ0v) is 22.0. The molecule has 2 N–H and O–H groups in total. The van der Waals surface area contributed by atoms with Crippen molar-refractivity contribution in [3.63, 3.8) is 0 Å². The van der Waals surface area contributed by atoms with E-state index in [-0.39, 0.29) is 54.1 Å². The molecular weight excluding hydrogens is 492 g/mol. The lowest BCUT2D eigenvalue weighted by atomic mass is 9.48. The third-order valence-corrected chi connectivity index (χ3v) is 10.7. The standard InChI is InChI=1S/C29H34N2O5.ClH/c1-30(27(33)20-13-19(20)18-7-11-35-15-18)21-6-8-29(34)23-12-17-4-5-22(32)25-24(17)28(29,26(21)36-25)9-10-31(23)14-16-2-3-16;/h4-5,7,11,15-16,19-21,23,26,32,34H,2-3,6,8-10,12-14H2,1H3;1H/t19-,20+,21+,23+,26-,28-,29+;/m0./s1. The molecule has 8 rings (SSSR count). The smallest absolute Gasteiger partial charge is 0.226 e. The molecule has 3 heterocycles. The van der Waals surface area contributed by atoms with Crippen molar-refractivity contribution in [1.82, 2.24) is 9.80 Å². The molecular formula is C29H35ClN2O5. The molecule has 7 nitrogen and oxygen atoms in total. The summed E-state index contributed by atoms with van der Waals surface area (Å²) in [6, 6.07) is 5.65. The zero-order valence-electron chi connectivity index (χ0n) is 21.1. The summed E-state index contributed by atoms with van der Waals surface area (Å²) in [4.78, 5) is 18.1. The Hall–Kier alpha value is -2.22. The molecule has 1 saturated heterocycles. The molecule has 1 amide bonds. The molecule has 7 atom stereocenters. The normalized spacial score (nSPS) is 38.8. The molecule has 37 heavy (non-hydrogen) atoms. The van der Waals surface area contributed by atoms with Gasteiger partial charge in [-0.3, -0.25) is 9.69 Å². The average molecular weight is 527 g/mol. The van der Waals surface area contributed by atoms with Crippen molar-refractivity contribution in [2.75, 3.05) is 20.1 Å². The van der Waals surface area contributed by atoms with Gasteiger partial charge in [0.25, 0.3) is 0 Å². The highest BCUT2D eigenvalue weighted by molar-refractivity contribution is 5.85. The minimum absolute atomic E-state index is 0. The Balaban J connectivity index is 0.00000231. The van der Waals surface area contributed by atoms with Crippen LogP contribution < -0.4 is 4.74 Å². The number of amides is 1. The molecule has 3 saturated carbocycles. The maximum Gasteiger partial charge on any atom is 0.226 e. The largest absolute Gasteiger partial charge is 0.504 e. The van der Waals surface area contributed by atoms with Gasteiger partial charge in [-0.15, -0.1) is 12.4 Å². The number of likely N-dealkylation sites (tertiary alicyclic amines) is 1. The lowest BCUT2D eigenvalue weighted by molar-refractivity contribution is -0.200. The highest BCUT2D eigenvalue weighted by Crippen LogP contribution is 2.66. The molecule has 4 fully saturated rings. The van der Waals surface area contributed by atoms with Crippen molar-refractivity contribution in [1.29, 1.82) is 0 Å². The number of halogens is 1. The van der Waals surface area contributed by atoms with E-state index in [9.17, 15) is 15.0 Å². The van der Waals surface area contributed by atoms with Gasteiger partial charge in [0.15, 0.2) is 11.5 Å². The van der Waals surface area contributed by atoms with Crippen LogP contribution in [0.4, 0.5) is 0 Å². The third-order valence-electron chi connectivity index (χ3n) is 10.7. The van der Waals surface area contributed by atoms with Gasteiger partial charge >= 0.3 is 0 Å². The number of phenolic OH excluding ortho intramolecular Hbond substituents is 1. The molecule has 2 aromatic rings. The molecule has 1 aromatic heterocycles. The van der Waals surface area contributed by atoms with Crippen LogP contribution >= 0.6 is 12.4 Å². The fraction of sp³-hybridized carbons (Fsp3) is 0.621. The van der Waals surface area contributed by atoms with Crippen LogP contribution in [0.25, 0.3) is 0 Å². The Kier molecular flexibility index (Phi) is 5.10. The average Bonchev–Trinajstić information content (AvgIpc) is 3.76. The summed E-state index contributed by atoms with van der Waals surface area (Å²) >= 11 is 0. The summed E-state index contributed by atoms with van der Waals surface area (Å²) in [6.07, 6.45) is 9.42. The van der Waals surface area contributed by atoms with Crippen LogP contribution in [0.15, 0.2) is 35.1 Å². The van der Waals surface area contributed by atoms with Gasteiger partial charge in [-0.05, 0) is 86.6 Å². The van der Waals surface area contributed by atoms with Gasteiger partial charge in [-0.1, -0.05) is 6.07 Å². The molecule has 4 aliphatic carbocycles. The molecule has 6 aliphatic rings. The maximum absolute atomic E-state index is 13.7. The highest BCUT2D eigenvalue weighted by Gasteiger charge is 2.73. The van der Waals surface area contributed by atoms with Crippen LogP contribution in [0.5, 0.6) is 11.5 Å². The van der Waals surface area contributed by atoms with Crippen LogP contribution in [0.1, 0.15) is 61.1 Å². The van der Waals surface area contributed by atoms with Gasteiger partial charge in [0, 0.05) is 31.1 Å². The number of benzene rings is 1. The molecule has 2 bridgehead atoms. The number of carbonyl (C=O) groups excluding carboxylic acids is 1. The molecule has 2 aliphatic heterocycles. The van der Waals surface area contributed by atoms with E-state index in [1.165, 1.54) is 18.4 Å². The second kappa shape index (κ2) is 7.90. The van der Waals surface area contributed by atoms with E-state index in [4.69, 9.17) is 9.15 Å². The predicted molar refractivity (Wildman–Crippen MR) is 138 cm³/mol. The van der Waals surface area contributed by atoms with Gasteiger partial charge in [-0.2, -0.15) is 0 Å². The first-order chi connectivity index (χ1) is 17.4. The Morgan fingerprint density at radius 3 is 2.81 bits per heavy atom. The molecule has 1 spiro atoms. The SMILES string of the molecule is CN(C(=O)[C@@H]1C[C@H]1c1ccoc1)[C@@H]1CC[C@@]2(O)[C@H]3Cc4ccc(O)c5c4[C@@]2(CCN3CC2CC2)[C@H]1O5.Cl. The molecule has 1 aromatic carbocycles. The van der Waals surface area contributed by atoms with E-state index in [1.807, 2.05) is 24.1 Å². The van der Waals surface area contributed by atoms with E-state index in [0.29, 0.717) is 18.6 Å². The van der Waals surface area contributed by atoms with E-state index in [0.717, 1.165) is 49.4 Å². The minimum atomic E-state index is -0.920. The van der Waals surface area contributed by atoms with Crippen molar-refractivity contribution in [3.05, 3.63) is 47.4 Å². The van der Waals surface area contributed by atoms with Gasteiger partial charge in [0.1, 0.15) is 6.10 Å². The number of likely N-dealkylation sites (N-methyl/N-ethyl adjacent to an activating group) is 1. The number of furan rings is 1. The Morgan fingerprint density at radius 1 is 1.22 bits per heavy atom.